The molecule has 0 radical (unpaired) electrons. The topological polar surface area (TPSA) is 93.6 Å². The van der Waals surface area contributed by atoms with Gasteiger partial charge in [0.05, 0.1) is 18.8 Å². The molecule has 0 bridgehead atoms. The number of carbonyl (C=O) groups excluding carboxylic acids is 1. The molecule has 0 unspecified atom stereocenters. The number of carbonyl (C=O) groups is 1. The molecule has 44 heavy (non-hydrogen) atoms. The first-order valence-corrected chi connectivity index (χ1v) is 15.6. The summed E-state index contributed by atoms with van der Waals surface area (Å²) in [5.74, 6) is 0.587. The molecular weight excluding hydrogens is 570 g/mol. The van der Waals surface area contributed by atoms with Crippen LogP contribution in [0, 0.1) is 0 Å². The summed E-state index contributed by atoms with van der Waals surface area (Å²) in [5.41, 5.74) is 6.59. The van der Waals surface area contributed by atoms with Crippen LogP contribution in [0.2, 0.25) is 0 Å². The van der Waals surface area contributed by atoms with Crippen molar-refractivity contribution in [1.29, 1.82) is 0 Å². The molecule has 2 heterocycles. The Hall–Kier alpha value is -4.34. The van der Waals surface area contributed by atoms with Crippen LogP contribution in [0.3, 0.4) is 0 Å². The van der Waals surface area contributed by atoms with Crippen LogP contribution >= 0.6 is 11.8 Å². The zero-order valence-corrected chi connectivity index (χ0v) is 24.9. The number of rotatable bonds is 10. The van der Waals surface area contributed by atoms with E-state index >= 15 is 0 Å². The second-order valence-corrected chi connectivity index (χ2v) is 11.5. The molecule has 7 nitrogen and oxygen atoms in total. The third kappa shape index (κ3) is 7.41. The Morgan fingerprint density at radius 3 is 2.27 bits per heavy atom. The van der Waals surface area contributed by atoms with E-state index in [-0.39, 0.29) is 24.7 Å². The van der Waals surface area contributed by atoms with Crippen LogP contribution in [0.5, 0.6) is 0 Å². The molecule has 1 fully saturated rings. The number of ether oxygens (including phenoxy) is 2. The largest absolute Gasteiger partial charge is 0.392 e. The molecule has 5 aromatic rings. The summed E-state index contributed by atoms with van der Waals surface area (Å²) in [4.78, 5) is 21.3. The summed E-state index contributed by atoms with van der Waals surface area (Å²) in [6.45, 7) is 0.421. The average molecular weight is 604 g/mol. The molecule has 0 aliphatic carbocycles. The van der Waals surface area contributed by atoms with E-state index in [9.17, 15) is 9.90 Å². The summed E-state index contributed by atoms with van der Waals surface area (Å²) in [6, 6.07) is 35.2. The van der Waals surface area contributed by atoms with Crippen molar-refractivity contribution in [2.45, 2.75) is 43.2 Å². The summed E-state index contributed by atoms with van der Waals surface area (Å²) < 4.78 is 13.0. The molecule has 222 valence electrons. The van der Waals surface area contributed by atoms with Crippen molar-refractivity contribution in [2.24, 2.45) is 0 Å². The zero-order valence-electron chi connectivity index (χ0n) is 24.1. The lowest BCUT2D eigenvalue weighted by atomic mass is 9.97. The van der Waals surface area contributed by atoms with Gasteiger partial charge in [-0.2, -0.15) is 0 Å². The fraction of sp³-hybridized carbons (Fsp3) is 0.194. The van der Waals surface area contributed by atoms with Gasteiger partial charge in [0.2, 0.25) is 0 Å². The molecule has 1 aliphatic heterocycles. The van der Waals surface area contributed by atoms with E-state index in [0.29, 0.717) is 29.4 Å². The predicted octanol–water partition coefficient (Wildman–Crippen LogP) is 6.90. The predicted molar refractivity (Wildman–Crippen MR) is 171 cm³/mol. The van der Waals surface area contributed by atoms with E-state index in [0.717, 1.165) is 33.4 Å². The lowest BCUT2D eigenvalue weighted by Crippen LogP contribution is -2.31. The normalized spacial score (nSPS) is 18.1. The van der Waals surface area contributed by atoms with Gasteiger partial charge in [-0.25, -0.2) is 9.97 Å². The van der Waals surface area contributed by atoms with Crippen LogP contribution < -0.4 is 5.32 Å². The second kappa shape index (κ2) is 14.4. The Morgan fingerprint density at radius 1 is 0.818 bits per heavy atom. The highest BCUT2D eigenvalue weighted by atomic mass is 32.2. The van der Waals surface area contributed by atoms with Gasteiger partial charge in [-0.05, 0) is 46.0 Å². The minimum absolute atomic E-state index is 0.00273. The number of hydrogen-bond donors (Lipinski definition) is 2. The second-order valence-electron chi connectivity index (χ2n) is 10.5. The highest BCUT2D eigenvalue weighted by molar-refractivity contribution is 7.99. The first-order chi connectivity index (χ1) is 21.7. The van der Waals surface area contributed by atoms with Crippen molar-refractivity contribution in [2.75, 3.05) is 5.75 Å². The molecule has 1 saturated heterocycles. The van der Waals surface area contributed by atoms with Gasteiger partial charge in [0.15, 0.2) is 11.4 Å². The average Bonchev–Trinajstić information content (AvgIpc) is 3.10. The lowest BCUT2D eigenvalue weighted by Gasteiger charge is -2.36. The summed E-state index contributed by atoms with van der Waals surface area (Å²) in [6.07, 6.45) is 3.37. The van der Waals surface area contributed by atoms with Crippen LogP contribution in [-0.2, 0) is 22.6 Å². The number of benzene rings is 4. The van der Waals surface area contributed by atoms with E-state index in [1.807, 2.05) is 84.9 Å². The van der Waals surface area contributed by atoms with Crippen LogP contribution in [0.25, 0.3) is 11.1 Å². The maximum atomic E-state index is 12.6. The Morgan fingerprint density at radius 2 is 1.52 bits per heavy atom. The molecule has 8 heteroatoms. The summed E-state index contributed by atoms with van der Waals surface area (Å²) in [5, 5.41) is 13.2. The maximum Gasteiger partial charge on any atom is 0.251 e. The van der Waals surface area contributed by atoms with Crippen molar-refractivity contribution in [3.63, 3.8) is 0 Å². The molecule has 2 N–H and O–H groups in total. The lowest BCUT2D eigenvalue weighted by molar-refractivity contribution is -0.245. The van der Waals surface area contributed by atoms with Crippen LogP contribution in [0.1, 0.15) is 51.4 Å². The van der Waals surface area contributed by atoms with Crippen LogP contribution in [-0.4, -0.2) is 32.8 Å². The molecule has 0 spiro atoms. The summed E-state index contributed by atoms with van der Waals surface area (Å²) >= 11 is 1.57. The molecular formula is C36H33N3O4S. The number of nitrogens with one attached hydrogen (secondary N) is 1. The number of amides is 1. The summed E-state index contributed by atoms with van der Waals surface area (Å²) in [7, 11) is 0. The monoisotopic (exact) mass is 603 g/mol. The van der Waals surface area contributed by atoms with Crippen molar-refractivity contribution in [3.05, 3.63) is 149 Å². The van der Waals surface area contributed by atoms with Gasteiger partial charge in [0, 0.05) is 42.2 Å². The molecule has 6 rings (SSSR count). The Labute approximate surface area is 261 Å². The number of thioether (sulfide) groups is 1. The van der Waals surface area contributed by atoms with Gasteiger partial charge in [0.25, 0.3) is 5.91 Å². The Bertz CT molecular complexity index is 1650. The smallest absolute Gasteiger partial charge is 0.251 e. The third-order valence-corrected chi connectivity index (χ3v) is 8.55. The first-order valence-electron chi connectivity index (χ1n) is 14.6. The van der Waals surface area contributed by atoms with Crippen molar-refractivity contribution < 1.29 is 19.4 Å². The molecule has 1 aromatic heterocycles. The Kier molecular flexibility index (Phi) is 9.74. The van der Waals surface area contributed by atoms with Crippen molar-refractivity contribution in [3.8, 4) is 11.1 Å². The number of aliphatic hydroxyl groups excluding tert-OH is 1. The van der Waals surface area contributed by atoms with E-state index in [4.69, 9.17) is 9.47 Å². The number of hydrogen-bond acceptors (Lipinski definition) is 7. The zero-order chi connectivity index (χ0) is 30.1. The fourth-order valence-corrected chi connectivity index (χ4v) is 6.01. The quantitative estimate of drug-likeness (QED) is 0.132. The third-order valence-electron chi connectivity index (χ3n) is 7.54. The van der Waals surface area contributed by atoms with E-state index < -0.39 is 6.29 Å². The standard InChI is InChI=1S/C36H33N3O4S/c40-23-25-11-13-27(14-12-25)33-21-31(24-44-36-37-19-6-20-38-36)42-35(43-33)29-17-15-26(16-18-29)32-10-5-4-9-30(32)22-39-34(41)28-7-2-1-3-8-28/h1-20,31,33,35,40H,21-24H2,(H,39,41)/t31-,33+,35+/m0/s1. The minimum atomic E-state index is -0.553. The van der Waals surface area contributed by atoms with Gasteiger partial charge in [-0.1, -0.05) is 103 Å². The van der Waals surface area contributed by atoms with E-state index in [2.05, 4.69) is 33.5 Å². The minimum Gasteiger partial charge on any atom is -0.392 e. The van der Waals surface area contributed by atoms with Crippen LogP contribution in [0.15, 0.2) is 127 Å². The van der Waals surface area contributed by atoms with Gasteiger partial charge >= 0.3 is 0 Å². The number of aromatic nitrogens is 2. The van der Waals surface area contributed by atoms with Gasteiger partial charge in [0.1, 0.15) is 0 Å². The first kappa shape index (κ1) is 29.7. The number of aliphatic hydroxyl groups is 1. The fourth-order valence-electron chi connectivity index (χ4n) is 5.19. The van der Waals surface area contributed by atoms with Crippen LogP contribution in [0.4, 0.5) is 0 Å². The van der Waals surface area contributed by atoms with E-state index in [1.165, 1.54) is 0 Å². The molecule has 1 aliphatic rings. The molecule has 0 saturated carbocycles. The molecule has 1 amide bonds. The number of nitrogens with zero attached hydrogens (tertiary/aromatic N) is 2. The highest BCUT2D eigenvalue weighted by Gasteiger charge is 2.32. The van der Waals surface area contributed by atoms with Gasteiger partial charge < -0.3 is 19.9 Å². The van der Waals surface area contributed by atoms with Gasteiger partial charge in [-0.15, -0.1) is 0 Å². The molecule has 3 atom stereocenters. The molecule has 4 aromatic carbocycles. The van der Waals surface area contributed by atoms with Crippen molar-refractivity contribution >= 4 is 17.7 Å². The van der Waals surface area contributed by atoms with E-state index in [1.54, 1.807) is 30.2 Å². The highest BCUT2D eigenvalue weighted by Crippen LogP contribution is 2.39. The van der Waals surface area contributed by atoms with Crippen molar-refractivity contribution in [1.82, 2.24) is 15.3 Å². The SMILES string of the molecule is O=C(NCc1ccccc1-c1ccc([C@@H]2O[C@H](CSc3ncccn3)C[C@H](c3ccc(CO)cc3)O2)cc1)c1ccccc1. The van der Waals surface area contributed by atoms with Gasteiger partial charge in [-0.3, -0.25) is 4.79 Å². The Balaban J connectivity index is 1.19. The maximum absolute atomic E-state index is 12.6.